The van der Waals surface area contributed by atoms with Crippen molar-refractivity contribution in [3.8, 4) is 0 Å². The molecule has 2 bridgehead atoms. The van der Waals surface area contributed by atoms with E-state index in [0.29, 0.717) is 6.42 Å². The molecule has 2 aliphatic rings. The van der Waals surface area contributed by atoms with E-state index in [1.165, 1.54) is 0 Å². The van der Waals surface area contributed by atoms with Gasteiger partial charge in [-0.1, -0.05) is 0 Å². The van der Waals surface area contributed by atoms with E-state index in [4.69, 9.17) is 9.84 Å². The molecule has 2 rings (SSSR count). The van der Waals surface area contributed by atoms with Gasteiger partial charge in [0.1, 0.15) is 0 Å². The predicted molar refractivity (Wildman–Crippen MR) is 33.4 cm³/mol. The minimum atomic E-state index is -1.41. The molecule has 0 aliphatic carbocycles. The molecule has 58 valence electrons. The van der Waals surface area contributed by atoms with Gasteiger partial charge in [-0.25, -0.2) is 4.39 Å². The first-order valence-corrected chi connectivity index (χ1v) is 3.70. The van der Waals surface area contributed by atoms with Crippen molar-refractivity contribution in [2.45, 2.75) is 37.1 Å². The lowest BCUT2D eigenvalue weighted by Gasteiger charge is -2.23. The van der Waals surface area contributed by atoms with Gasteiger partial charge in [-0.05, 0) is 12.8 Å². The van der Waals surface area contributed by atoms with Crippen molar-refractivity contribution in [2.24, 2.45) is 0 Å². The van der Waals surface area contributed by atoms with Crippen molar-refractivity contribution in [3.05, 3.63) is 0 Å². The van der Waals surface area contributed by atoms with Crippen LogP contribution in [0.1, 0.15) is 19.3 Å². The molecule has 0 aromatic heterocycles. The third kappa shape index (κ3) is 0.705. The summed E-state index contributed by atoms with van der Waals surface area (Å²) < 4.78 is 18.6. The lowest BCUT2D eigenvalue weighted by Crippen LogP contribution is -2.38. The van der Waals surface area contributed by atoms with Crippen LogP contribution in [0.5, 0.6) is 0 Å². The summed E-state index contributed by atoms with van der Waals surface area (Å²) in [5.74, 6) is 0. The summed E-state index contributed by atoms with van der Waals surface area (Å²) in [5.41, 5.74) is -1.41. The smallest absolute Gasteiger partial charge is 0.162 e. The maximum atomic E-state index is 13.4. The molecule has 0 spiro atoms. The highest BCUT2D eigenvalue weighted by Gasteiger charge is 2.52. The minimum absolute atomic E-state index is 0.0853. The molecule has 2 fully saturated rings. The zero-order valence-corrected chi connectivity index (χ0v) is 5.72. The van der Waals surface area contributed by atoms with Crippen LogP contribution in [-0.4, -0.2) is 29.6 Å². The Balaban J connectivity index is 2.14. The van der Waals surface area contributed by atoms with Crippen molar-refractivity contribution < 1.29 is 14.2 Å². The second kappa shape index (κ2) is 1.92. The van der Waals surface area contributed by atoms with Crippen LogP contribution < -0.4 is 0 Å². The number of aliphatic hydroxyl groups is 1. The molecule has 1 N–H and O–H groups in total. The highest BCUT2D eigenvalue weighted by atomic mass is 19.1. The largest absolute Gasteiger partial charge is 0.393 e. The maximum Gasteiger partial charge on any atom is 0.162 e. The van der Waals surface area contributed by atoms with Gasteiger partial charge in [-0.15, -0.1) is 0 Å². The van der Waals surface area contributed by atoms with E-state index in [1.807, 2.05) is 0 Å². The Morgan fingerprint density at radius 1 is 1.60 bits per heavy atom. The number of ether oxygens (including phenoxy) is 1. The van der Waals surface area contributed by atoms with Crippen LogP contribution in [0, 0.1) is 0 Å². The van der Waals surface area contributed by atoms with E-state index in [2.05, 4.69) is 0 Å². The van der Waals surface area contributed by atoms with E-state index in [0.717, 1.165) is 12.8 Å². The normalized spacial score (nSPS) is 52.2. The molecule has 0 radical (unpaired) electrons. The first-order chi connectivity index (χ1) is 4.74. The Morgan fingerprint density at radius 3 is 2.70 bits per heavy atom. The zero-order chi connectivity index (χ0) is 7.19. The number of hydrogen-bond donors (Lipinski definition) is 1. The molecule has 10 heavy (non-hydrogen) atoms. The summed E-state index contributed by atoms with van der Waals surface area (Å²) in [5, 5.41) is 8.69. The Hall–Kier alpha value is -0.150. The molecule has 3 heteroatoms. The summed E-state index contributed by atoms with van der Waals surface area (Å²) in [6, 6.07) is 0. The molecule has 0 aromatic rings. The van der Waals surface area contributed by atoms with Gasteiger partial charge in [-0.3, -0.25) is 0 Å². The van der Waals surface area contributed by atoms with Crippen LogP contribution in [0.25, 0.3) is 0 Å². The fourth-order valence-electron chi connectivity index (χ4n) is 1.91. The van der Waals surface area contributed by atoms with Gasteiger partial charge in [0.2, 0.25) is 0 Å². The summed E-state index contributed by atoms with van der Waals surface area (Å²) in [7, 11) is 0. The van der Waals surface area contributed by atoms with Crippen molar-refractivity contribution in [3.63, 3.8) is 0 Å². The molecular formula is C7H11FO2. The van der Waals surface area contributed by atoms with Crippen LogP contribution in [0.2, 0.25) is 0 Å². The summed E-state index contributed by atoms with van der Waals surface area (Å²) in [6.07, 6.45) is 1.91. The Bertz CT molecular complexity index is 151. The fraction of sp³-hybridized carbons (Fsp3) is 1.00. The highest BCUT2D eigenvalue weighted by Crippen LogP contribution is 2.43. The van der Waals surface area contributed by atoms with Gasteiger partial charge < -0.3 is 9.84 Å². The van der Waals surface area contributed by atoms with Gasteiger partial charge in [-0.2, -0.15) is 0 Å². The molecule has 2 heterocycles. The summed E-state index contributed by atoms with van der Waals surface area (Å²) >= 11 is 0. The molecule has 2 aliphatic heterocycles. The fourth-order valence-corrected chi connectivity index (χ4v) is 1.91. The van der Waals surface area contributed by atoms with Crippen LogP contribution in [0.4, 0.5) is 4.39 Å². The molecular weight excluding hydrogens is 135 g/mol. The van der Waals surface area contributed by atoms with Gasteiger partial charge in [0, 0.05) is 6.42 Å². The Morgan fingerprint density at radius 2 is 2.40 bits per heavy atom. The zero-order valence-electron chi connectivity index (χ0n) is 5.72. The Labute approximate surface area is 59.0 Å². The maximum absolute atomic E-state index is 13.4. The van der Waals surface area contributed by atoms with Crippen LogP contribution in [0.15, 0.2) is 0 Å². The van der Waals surface area contributed by atoms with Crippen LogP contribution in [0.3, 0.4) is 0 Å². The molecule has 3 unspecified atom stereocenters. The average Bonchev–Trinajstić information content (AvgIpc) is 2.46. The lowest BCUT2D eigenvalue weighted by molar-refractivity contribution is -0.00149. The van der Waals surface area contributed by atoms with Crippen LogP contribution in [-0.2, 0) is 4.74 Å². The molecule has 2 nitrogen and oxygen atoms in total. The highest BCUT2D eigenvalue weighted by molar-refractivity contribution is 5.01. The summed E-state index contributed by atoms with van der Waals surface area (Å²) in [6.45, 7) is -0.381. The van der Waals surface area contributed by atoms with Gasteiger partial charge in [0.05, 0.1) is 18.8 Å². The minimum Gasteiger partial charge on any atom is -0.393 e. The quantitative estimate of drug-likeness (QED) is 0.588. The third-order valence-electron chi connectivity index (χ3n) is 2.51. The number of aliphatic hydroxyl groups excluding tert-OH is 1. The van der Waals surface area contributed by atoms with E-state index < -0.39 is 5.67 Å². The number of hydrogen-bond acceptors (Lipinski definition) is 2. The van der Waals surface area contributed by atoms with Crippen molar-refractivity contribution in [1.82, 2.24) is 0 Å². The summed E-state index contributed by atoms with van der Waals surface area (Å²) in [4.78, 5) is 0. The van der Waals surface area contributed by atoms with E-state index in [1.54, 1.807) is 0 Å². The molecule has 2 saturated heterocycles. The van der Waals surface area contributed by atoms with Crippen molar-refractivity contribution in [1.29, 1.82) is 0 Å². The first kappa shape index (κ1) is 6.55. The molecule has 0 amide bonds. The van der Waals surface area contributed by atoms with Crippen LogP contribution >= 0.6 is 0 Å². The number of alkyl halides is 1. The van der Waals surface area contributed by atoms with E-state index in [9.17, 15) is 4.39 Å². The van der Waals surface area contributed by atoms with Gasteiger partial charge in [0.15, 0.2) is 5.67 Å². The molecule has 0 aromatic carbocycles. The predicted octanol–water partition coefficient (Wildman–Crippen LogP) is 0.638. The second-order valence-corrected chi connectivity index (χ2v) is 3.22. The SMILES string of the molecule is OCC1(F)CC2CCC1O2. The van der Waals surface area contributed by atoms with Crippen molar-refractivity contribution in [2.75, 3.05) is 6.61 Å². The van der Waals surface area contributed by atoms with E-state index >= 15 is 0 Å². The second-order valence-electron chi connectivity index (χ2n) is 3.22. The van der Waals surface area contributed by atoms with Gasteiger partial charge in [0.25, 0.3) is 0 Å². The number of rotatable bonds is 1. The average molecular weight is 146 g/mol. The standard InChI is InChI=1S/C7H11FO2/c8-7(4-9)3-5-1-2-6(7)10-5/h5-6,9H,1-4H2. The van der Waals surface area contributed by atoms with Gasteiger partial charge >= 0.3 is 0 Å². The third-order valence-corrected chi connectivity index (χ3v) is 2.51. The molecule has 0 saturated carbocycles. The van der Waals surface area contributed by atoms with Crippen molar-refractivity contribution >= 4 is 0 Å². The Kier molecular flexibility index (Phi) is 1.26. The number of halogens is 1. The number of fused-ring (bicyclic) bond motifs is 2. The monoisotopic (exact) mass is 146 g/mol. The topological polar surface area (TPSA) is 29.5 Å². The molecule has 3 atom stereocenters. The first-order valence-electron chi connectivity index (χ1n) is 3.70. The lowest BCUT2D eigenvalue weighted by atomic mass is 9.87. The van der Waals surface area contributed by atoms with E-state index in [-0.39, 0.29) is 18.8 Å².